The van der Waals surface area contributed by atoms with Crippen LogP contribution in [0.3, 0.4) is 0 Å². The fraction of sp³-hybridized carbons (Fsp3) is 0.192. The largest absolute Gasteiger partial charge is 0.493 e. The van der Waals surface area contributed by atoms with Crippen LogP contribution in [0.4, 0.5) is 11.4 Å². The first-order valence-corrected chi connectivity index (χ1v) is 10.4. The van der Waals surface area contributed by atoms with Gasteiger partial charge in [0.25, 0.3) is 5.91 Å². The van der Waals surface area contributed by atoms with Crippen LogP contribution in [0, 0.1) is 0 Å². The first-order valence-electron chi connectivity index (χ1n) is 10.4. The van der Waals surface area contributed by atoms with Crippen molar-refractivity contribution in [3.8, 4) is 28.7 Å². The molecule has 3 aromatic carbocycles. The quantitative estimate of drug-likeness (QED) is 0.337. The highest BCUT2D eigenvalue weighted by Crippen LogP contribution is 2.38. The number of anilines is 2. The molecule has 1 amide bonds. The van der Waals surface area contributed by atoms with E-state index in [0.29, 0.717) is 40.1 Å². The number of benzene rings is 3. The van der Waals surface area contributed by atoms with Crippen molar-refractivity contribution >= 4 is 29.4 Å². The molecule has 0 fully saturated rings. The number of hydrogen-bond acceptors (Lipinski definition) is 7. The normalized spacial score (nSPS) is 10.6. The number of nitrogens with one attached hydrogen (secondary N) is 1. The van der Waals surface area contributed by atoms with Crippen LogP contribution in [0.25, 0.3) is 12.2 Å². The maximum Gasteiger partial charge on any atom is 0.262 e. The smallest absolute Gasteiger partial charge is 0.262 e. The molecule has 0 aliphatic heterocycles. The zero-order valence-electron chi connectivity index (χ0n) is 19.6. The van der Waals surface area contributed by atoms with Crippen molar-refractivity contribution in [3.05, 3.63) is 65.7 Å². The van der Waals surface area contributed by atoms with Gasteiger partial charge in [-0.15, -0.1) is 0 Å². The molecule has 3 N–H and O–H groups in total. The molecule has 3 aromatic rings. The van der Waals surface area contributed by atoms with E-state index in [1.54, 1.807) is 64.8 Å². The maximum absolute atomic E-state index is 12.3. The van der Waals surface area contributed by atoms with Gasteiger partial charge < -0.3 is 34.7 Å². The molecule has 0 saturated heterocycles. The van der Waals surface area contributed by atoms with E-state index >= 15 is 0 Å². The van der Waals surface area contributed by atoms with E-state index in [-0.39, 0.29) is 12.5 Å². The summed E-state index contributed by atoms with van der Waals surface area (Å²) in [7, 11) is 6.24. The zero-order valence-corrected chi connectivity index (χ0v) is 19.6. The summed E-state index contributed by atoms with van der Waals surface area (Å²) < 4.78 is 27.3. The van der Waals surface area contributed by atoms with Gasteiger partial charge in [-0.05, 0) is 47.5 Å². The molecule has 0 heterocycles. The summed E-state index contributed by atoms with van der Waals surface area (Å²) in [6.45, 7) is -0.204. The van der Waals surface area contributed by atoms with Crippen molar-refractivity contribution in [3.63, 3.8) is 0 Å². The number of carbonyl (C=O) groups excluding carboxylic acids is 1. The molecule has 0 saturated carbocycles. The van der Waals surface area contributed by atoms with Gasteiger partial charge >= 0.3 is 0 Å². The number of amides is 1. The minimum atomic E-state index is -0.335. The number of nitrogen functional groups attached to an aromatic ring is 1. The highest BCUT2D eigenvalue weighted by atomic mass is 16.5. The number of nitrogens with two attached hydrogens (primary N) is 1. The van der Waals surface area contributed by atoms with E-state index in [9.17, 15) is 4.79 Å². The van der Waals surface area contributed by atoms with Gasteiger partial charge in [0, 0.05) is 0 Å². The Morgan fingerprint density at radius 1 is 0.794 bits per heavy atom. The Bertz CT molecular complexity index is 1150. The molecular formula is C26H28N2O6. The fourth-order valence-corrected chi connectivity index (χ4v) is 3.24. The molecular weight excluding hydrogens is 436 g/mol. The molecule has 0 bridgehead atoms. The second-order valence-electron chi connectivity index (χ2n) is 7.13. The summed E-state index contributed by atoms with van der Waals surface area (Å²) in [4.78, 5) is 12.3. The molecule has 0 atom stereocenters. The van der Waals surface area contributed by atoms with Crippen molar-refractivity contribution in [2.45, 2.75) is 0 Å². The fourth-order valence-electron chi connectivity index (χ4n) is 3.24. The molecule has 34 heavy (non-hydrogen) atoms. The molecule has 0 aliphatic rings. The Morgan fingerprint density at radius 3 is 2.03 bits per heavy atom. The van der Waals surface area contributed by atoms with Crippen molar-refractivity contribution < 1.29 is 28.5 Å². The van der Waals surface area contributed by atoms with Gasteiger partial charge in [0.2, 0.25) is 5.75 Å². The average Bonchev–Trinajstić information content (AvgIpc) is 2.86. The lowest BCUT2D eigenvalue weighted by Gasteiger charge is -2.13. The molecule has 3 rings (SSSR count). The third-order valence-corrected chi connectivity index (χ3v) is 4.94. The van der Waals surface area contributed by atoms with Crippen LogP contribution in [-0.2, 0) is 4.79 Å². The van der Waals surface area contributed by atoms with E-state index in [1.165, 1.54) is 0 Å². The van der Waals surface area contributed by atoms with Crippen LogP contribution in [0.2, 0.25) is 0 Å². The van der Waals surface area contributed by atoms with Crippen LogP contribution in [0.5, 0.6) is 28.7 Å². The van der Waals surface area contributed by atoms with Gasteiger partial charge in [0.1, 0.15) is 0 Å². The number of ether oxygens (including phenoxy) is 5. The monoisotopic (exact) mass is 464 g/mol. The molecule has 0 spiro atoms. The topological polar surface area (TPSA) is 101 Å². The van der Waals surface area contributed by atoms with Crippen LogP contribution >= 0.6 is 0 Å². The van der Waals surface area contributed by atoms with E-state index in [4.69, 9.17) is 29.4 Å². The number of methoxy groups -OCH3 is 4. The third-order valence-electron chi connectivity index (χ3n) is 4.94. The SMILES string of the molecule is COc1ccc(/C=C\c2cc(OC)c(OC)c(OC)c2)cc1OCC(=O)Nc1ccccc1N. The predicted octanol–water partition coefficient (Wildman–Crippen LogP) is 4.49. The second-order valence-corrected chi connectivity index (χ2v) is 7.13. The van der Waals surface area contributed by atoms with Crippen molar-refractivity contribution in [1.82, 2.24) is 0 Å². The van der Waals surface area contributed by atoms with E-state index in [2.05, 4.69) is 5.32 Å². The maximum atomic E-state index is 12.3. The first kappa shape index (κ1) is 24.3. The standard InChI is InChI=1S/C26H28N2O6/c1-30-21-12-11-17(9-10-18-14-23(31-2)26(33-4)24(15-18)32-3)13-22(21)34-16-25(29)28-20-8-6-5-7-19(20)27/h5-15H,16,27H2,1-4H3,(H,28,29)/b10-9-. The Morgan fingerprint density at radius 2 is 1.41 bits per heavy atom. The molecule has 0 radical (unpaired) electrons. The Hall–Kier alpha value is -4.33. The number of rotatable bonds is 10. The summed E-state index contributed by atoms with van der Waals surface area (Å²) >= 11 is 0. The predicted molar refractivity (Wildman–Crippen MR) is 133 cm³/mol. The zero-order chi connectivity index (χ0) is 24.5. The van der Waals surface area contributed by atoms with Crippen LogP contribution in [0.1, 0.15) is 11.1 Å². The van der Waals surface area contributed by atoms with Crippen LogP contribution in [-0.4, -0.2) is 41.0 Å². The van der Waals surface area contributed by atoms with Gasteiger partial charge in [-0.2, -0.15) is 0 Å². The van der Waals surface area contributed by atoms with Crippen LogP contribution in [0.15, 0.2) is 54.6 Å². The molecule has 8 heteroatoms. The lowest BCUT2D eigenvalue weighted by molar-refractivity contribution is -0.118. The average molecular weight is 465 g/mol. The van der Waals surface area contributed by atoms with Gasteiger partial charge in [-0.25, -0.2) is 0 Å². The number of carbonyl (C=O) groups is 1. The molecule has 0 aliphatic carbocycles. The lowest BCUT2D eigenvalue weighted by atomic mass is 10.1. The van der Waals surface area contributed by atoms with Gasteiger partial charge in [0.05, 0.1) is 39.8 Å². The van der Waals surface area contributed by atoms with Crippen molar-refractivity contribution in [2.75, 3.05) is 46.1 Å². The lowest BCUT2D eigenvalue weighted by Crippen LogP contribution is -2.21. The Kier molecular flexibility index (Phi) is 8.23. The second kappa shape index (κ2) is 11.5. The summed E-state index contributed by atoms with van der Waals surface area (Å²) in [6.07, 6.45) is 3.80. The van der Waals surface area contributed by atoms with Crippen molar-refractivity contribution in [1.29, 1.82) is 0 Å². The first-order chi connectivity index (χ1) is 16.5. The highest BCUT2D eigenvalue weighted by molar-refractivity contribution is 5.94. The minimum Gasteiger partial charge on any atom is -0.493 e. The summed E-state index contributed by atoms with van der Waals surface area (Å²) in [5.41, 5.74) is 8.58. The van der Waals surface area contributed by atoms with E-state index in [1.807, 2.05) is 30.4 Å². The Balaban J connectivity index is 1.75. The minimum absolute atomic E-state index is 0.204. The number of hydrogen-bond donors (Lipinski definition) is 2. The van der Waals surface area contributed by atoms with Gasteiger partial charge in [-0.1, -0.05) is 30.4 Å². The molecule has 8 nitrogen and oxygen atoms in total. The molecule has 0 unspecified atom stereocenters. The summed E-state index contributed by atoms with van der Waals surface area (Å²) in [6, 6.07) is 16.2. The third kappa shape index (κ3) is 5.92. The Labute approximate surface area is 198 Å². The van der Waals surface area contributed by atoms with Gasteiger partial charge in [-0.3, -0.25) is 4.79 Å². The highest BCUT2D eigenvalue weighted by Gasteiger charge is 2.13. The van der Waals surface area contributed by atoms with E-state index < -0.39 is 0 Å². The van der Waals surface area contributed by atoms with Crippen molar-refractivity contribution in [2.24, 2.45) is 0 Å². The van der Waals surface area contributed by atoms with E-state index in [0.717, 1.165) is 11.1 Å². The van der Waals surface area contributed by atoms with Crippen LogP contribution < -0.4 is 34.7 Å². The number of para-hydroxylation sites is 2. The van der Waals surface area contributed by atoms with Gasteiger partial charge in [0.15, 0.2) is 29.6 Å². The summed E-state index contributed by atoms with van der Waals surface area (Å²) in [5, 5.41) is 2.73. The summed E-state index contributed by atoms with van der Waals surface area (Å²) in [5.74, 6) is 2.26. The molecule has 0 aromatic heterocycles. The molecule has 178 valence electrons.